The van der Waals surface area contributed by atoms with E-state index in [0.717, 1.165) is 18.7 Å². The quantitative estimate of drug-likeness (QED) is 0.854. The van der Waals surface area contributed by atoms with E-state index in [0.29, 0.717) is 38.0 Å². The molecule has 1 atom stereocenters. The van der Waals surface area contributed by atoms with Crippen molar-refractivity contribution < 1.29 is 9.59 Å². The molecule has 136 valence electrons. The number of nitrogens with zero attached hydrogens (tertiary/aromatic N) is 2. The fraction of sp³-hybridized carbons (Fsp3) is 0.600. The molecule has 2 aliphatic rings. The average molecular weight is 343 g/mol. The second-order valence-corrected chi connectivity index (χ2v) is 7.51. The van der Waals surface area contributed by atoms with Crippen LogP contribution in [0.25, 0.3) is 0 Å². The molecule has 3 rings (SSSR count). The van der Waals surface area contributed by atoms with E-state index in [9.17, 15) is 9.59 Å². The van der Waals surface area contributed by atoms with Crippen molar-refractivity contribution in [2.24, 2.45) is 5.92 Å². The zero-order valence-corrected chi connectivity index (χ0v) is 15.3. The molecule has 1 heterocycles. The van der Waals surface area contributed by atoms with Crippen molar-refractivity contribution in [3.05, 3.63) is 35.4 Å². The number of hydrogen-bond acceptors (Lipinski definition) is 3. The van der Waals surface area contributed by atoms with Crippen molar-refractivity contribution >= 4 is 11.8 Å². The second kappa shape index (κ2) is 8.00. The summed E-state index contributed by atoms with van der Waals surface area (Å²) in [6.45, 7) is 7.53. The monoisotopic (exact) mass is 343 g/mol. The zero-order chi connectivity index (χ0) is 17.8. The Labute approximate surface area is 150 Å². The SMILES string of the molecule is Cc1ccc(CC(=O)N2CCN(CC(=O)NC(C)C3CC3)CC2)cc1. The molecule has 0 aromatic heterocycles. The van der Waals surface area contributed by atoms with Crippen LogP contribution in [-0.2, 0) is 16.0 Å². The molecule has 1 unspecified atom stereocenters. The summed E-state index contributed by atoms with van der Waals surface area (Å²) in [5.41, 5.74) is 2.27. The number of piperazine rings is 1. The van der Waals surface area contributed by atoms with Crippen LogP contribution in [0.15, 0.2) is 24.3 Å². The second-order valence-electron chi connectivity index (χ2n) is 7.51. The van der Waals surface area contributed by atoms with Crippen molar-refractivity contribution in [2.45, 2.75) is 39.2 Å². The Balaban J connectivity index is 1.39. The van der Waals surface area contributed by atoms with Gasteiger partial charge in [0.15, 0.2) is 0 Å². The third-order valence-electron chi connectivity index (χ3n) is 5.29. The lowest BCUT2D eigenvalue weighted by Crippen LogP contribution is -2.52. The van der Waals surface area contributed by atoms with Gasteiger partial charge in [0.25, 0.3) is 0 Å². The zero-order valence-electron chi connectivity index (χ0n) is 15.3. The normalized spacial score (nSPS) is 19.5. The highest BCUT2D eigenvalue weighted by atomic mass is 16.2. The molecule has 1 N–H and O–H groups in total. The molecule has 1 saturated carbocycles. The Hall–Kier alpha value is -1.88. The smallest absolute Gasteiger partial charge is 0.234 e. The van der Waals surface area contributed by atoms with Crippen LogP contribution in [0.1, 0.15) is 30.9 Å². The number of hydrogen-bond donors (Lipinski definition) is 1. The highest BCUT2D eigenvalue weighted by molar-refractivity contribution is 5.79. The number of benzene rings is 1. The van der Waals surface area contributed by atoms with Crippen LogP contribution in [0, 0.1) is 12.8 Å². The van der Waals surface area contributed by atoms with Crippen LogP contribution in [0.2, 0.25) is 0 Å². The molecule has 0 bridgehead atoms. The maximum atomic E-state index is 12.4. The van der Waals surface area contributed by atoms with Crippen LogP contribution >= 0.6 is 0 Å². The first-order valence-corrected chi connectivity index (χ1v) is 9.36. The first kappa shape index (κ1) is 17.9. The number of carbonyl (C=O) groups excluding carboxylic acids is 2. The Bertz CT molecular complexity index is 602. The lowest BCUT2D eigenvalue weighted by molar-refractivity contribution is -0.132. The average Bonchev–Trinajstić information content (AvgIpc) is 3.42. The molecule has 1 aliphatic carbocycles. The topological polar surface area (TPSA) is 52.7 Å². The summed E-state index contributed by atoms with van der Waals surface area (Å²) in [5.74, 6) is 0.967. The number of amides is 2. The molecule has 5 heteroatoms. The fourth-order valence-electron chi connectivity index (χ4n) is 3.36. The molecule has 1 aliphatic heterocycles. The molecule has 1 aromatic rings. The van der Waals surface area contributed by atoms with E-state index in [2.05, 4.69) is 17.1 Å². The molecule has 1 aromatic carbocycles. The molecule has 5 nitrogen and oxygen atoms in total. The van der Waals surface area contributed by atoms with Gasteiger partial charge < -0.3 is 10.2 Å². The molecular formula is C20H29N3O2. The number of rotatable bonds is 6. The summed E-state index contributed by atoms with van der Waals surface area (Å²) in [4.78, 5) is 28.6. The van der Waals surface area contributed by atoms with Gasteiger partial charge in [-0.1, -0.05) is 29.8 Å². The number of aryl methyl sites for hydroxylation is 1. The molecule has 2 fully saturated rings. The van der Waals surface area contributed by atoms with Gasteiger partial charge in [-0.15, -0.1) is 0 Å². The summed E-state index contributed by atoms with van der Waals surface area (Å²) in [6.07, 6.45) is 2.94. The molecular weight excluding hydrogens is 314 g/mol. The van der Waals surface area contributed by atoms with Crippen molar-refractivity contribution in [2.75, 3.05) is 32.7 Å². The van der Waals surface area contributed by atoms with Crippen LogP contribution in [0.4, 0.5) is 0 Å². The molecule has 25 heavy (non-hydrogen) atoms. The molecule has 0 spiro atoms. The Kier molecular flexibility index (Phi) is 5.74. The first-order valence-electron chi connectivity index (χ1n) is 9.36. The van der Waals surface area contributed by atoms with E-state index in [4.69, 9.17) is 0 Å². The standard InChI is InChI=1S/C20H29N3O2/c1-15-3-5-17(6-4-15)13-20(25)23-11-9-22(10-12-23)14-19(24)21-16(2)18-7-8-18/h3-6,16,18H,7-14H2,1-2H3,(H,21,24). The van der Waals surface area contributed by atoms with Gasteiger partial charge in [0.2, 0.25) is 11.8 Å². The number of nitrogens with one attached hydrogen (secondary N) is 1. The van der Waals surface area contributed by atoms with Crippen molar-refractivity contribution in [1.29, 1.82) is 0 Å². The Morgan fingerprint density at radius 3 is 2.36 bits per heavy atom. The minimum Gasteiger partial charge on any atom is -0.352 e. The minimum absolute atomic E-state index is 0.110. The largest absolute Gasteiger partial charge is 0.352 e. The van der Waals surface area contributed by atoms with Crippen LogP contribution < -0.4 is 5.32 Å². The predicted octanol–water partition coefficient (Wildman–Crippen LogP) is 1.60. The summed E-state index contributed by atoms with van der Waals surface area (Å²) in [5, 5.41) is 3.10. The van der Waals surface area contributed by atoms with E-state index in [1.807, 2.05) is 36.1 Å². The summed E-state index contributed by atoms with van der Waals surface area (Å²) in [7, 11) is 0. The first-order chi connectivity index (χ1) is 12.0. The maximum Gasteiger partial charge on any atom is 0.234 e. The van der Waals surface area contributed by atoms with Crippen LogP contribution in [0.5, 0.6) is 0 Å². The Morgan fingerprint density at radius 2 is 1.76 bits per heavy atom. The molecule has 2 amide bonds. The highest BCUT2D eigenvalue weighted by Crippen LogP contribution is 2.32. The fourth-order valence-corrected chi connectivity index (χ4v) is 3.36. The van der Waals surface area contributed by atoms with E-state index in [1.165, 1.54) is 18.4 Å². The molecule has 1 saturated heterocycles. The van der Waals surface area contributed by atoms with Gasteiger partial charge >= 0.3 is 0 Å². The van der Waals surface area contributed by atoms with Crippen LogP contribution in [-0.4, -0.2) is 60.4 Å². The van der Waals surface area contributed by atoms with E-state index in [-0.39, 0.29) is 11.8 Å². The van der Waals surface area contributed by atoms with Gasteiger partial charge in [-0.05, 0) is 38.2 Å². The van der Waals surface area contributed by atoms with Crippen molar-refractivity contribution in [1.82, 2.24) is 15.1 Å². The lowest BCUT2D eigenvalue weighted by atomic mass is 10.1. The van der Waals surface area contributed by atoms with Crippen LogP contribution in [0.3, 0.4) is 0 Å². The third kappa shape index (κ3) is 5.30. The minimum atomic E-state index is 0.110. The third-order valence-corrected chi connectivity index (χ3v) is 5.29. The van der Waals surface area contributed by atoms with Gasteiger partial charge in [-0.3, -0.25) is 14.5 Å². The van der Waals surface area contributed by atoms with Crippen molar-refractivity contribution in [3.63, 3.8) is 0 Å². The summed E-state index contributed by atoms with van der Waals surface area (Å²) >= 11 is 0. The van der Waals surface area contributed by atoms with Gasteiger partial charge in [-0.25, -0.2) is 0 Å². The summed E-state index contributed by atoms with van der Waals surface area (Å²) in [6, 6.07) is 8.43. The summed E-state index contributed by atoms with van der Waals surface area (Å²) < 4.78 is 0. The maximum absolute atomic E-state index is 12.4. The van der Waals surface area contributed by atoms with Gasteiger partial charge in [-0.2, -0.15) is 0 Å². The molecule has 0 radical (unpaired) electrons. The van der Waals surface area contributed by atoms with Crippen molar-refractivity contribution in [3.8, 4) is 0 Å². The highest BCUT2D eigenvalue weighted by Gasteiger charge is 2.29. The van der Waals surface area contributed by atoms with Gasteiger partial charge in [0, 0.05) is 32.2 Å². The van der Waals surface area contributed by atoms with E-state index < -0.39 is 0 Å². The van der Waals surface area contributed by atoms with E-state index in [1.54, 1.807) is 0 Å². The van der Waals surface area contributed by atoms with Gasteiger partial charge in [0.1, 0.15) is 0 Å². The van der Waals surface area contributed by atoms with Gasteiger partial charge in [0.05, 0.1) is 13.0 Å². The Morgan fingerprint density at radius 1 is 1.12 bits per heavy atom. The predicted molar refractivity (Wildman–Crippen MR) is 98.2 cm³/mol. The lowest BCUT2D eigenvalue weighted by Gasteiger charge is -2.34. The number of carbonyl (C=O) groups is 2. The van der Waals surface area contributed by atoms with E-state index >= 15 is 0 Å².